The smallest absolute Gasteiger partial charge is 0.273 e. The molecule has 1 aromatic carbocycles. The molecule has 3 aromatic rings. The third-order valence-electron chi connectivity index (χ3n) is 3.55. The van der Waals surface area contributed by atoms with E-state index in [2.05, 4.69) is 15.3 Å². The number of ether oxygens (including phenoxy) is 1. The Morgan fingerprint density at radius 3 is 3.00 bits per heavy atom. The number of nitrogens with two attached hydrogens (primary N) is 1. The van der Waals surface area contributed by atoms with Gasteiger partial charge < -0.3 is 20.2 Å². The van der Waals surface area contributed by atoms with Gasteiger partial charge in [0.1, 0.15) is 18.1 Å². The van der Waals surface area contributed by atoms with Crippen LogP contribution in [0, 0.1) is 0 Å². The van der Waals surface area contributed by atoms with Crippen molar-refractivity contribution in [1.29, 1.82) is 0 Å². The maximum atomic E-state index is 11.9. The molecule has 0 unspecified atom stereocenters. The molecule has 0 aliphatic rings. The van der Waals surface area contributed by atoms with E-state index in [0.717, 1.165) is 10.8 Å². The molecule has 1 atom stereocenters. The highest BCUT2D eigenvalue weighted by atomic mass is 16.5. The number of carbonyl (C=O) groups is 2. The van der Waals surface area contributed by atoms with Crippen molar-refractivity contribution in [3.8, 4) is 5.75 Å². The van der Waals surface area contributed by atoms with Gasteiger partial charge in [-0.05, 0) is 19.1 Å². The molecular weight excluding hydrogens is 324 g/mol. The SMILES string of the molecule is C[C@H](NC(=O)c1coc(COc2cccc3cnccc23)n1)C(N)=O. The Morgan fingerprint density at radius 1 is 1.36 bits per heavy atom. The molecule has 0 spiro atoms. The molecule has 0 saturated heterocycles. The van der Waals surface area contributed by atoms with Gasteiger partial charge in [-0.3, -0.25) is 14.6 Å². The van der Waals surface area contributed by atoms with E-state index in [-0.39, 0.29) is 18.2 Å². The van der Waals surface area contributed by atoms with Crippen LogP contribution in [-0.2, 0) is 11.4 Å². The van der Waals surface area contributed by atoms with E-state index in [1.54, 1.807) is 12.4 Å². The zero-order valence-electron chi connectivity index (χ0n) is 13.4. The van der Waals surface area contributed by atoms with E-state index in [9.17, 15) is 9.59 Å². The van der Waals surface area contributed by atoms with Crippen molar-refractivity contribution in [2.45, 2.75) is 19.6 Å². The van der Waals surface area contributed by atoms with Crippen molar-refractivity contribution in [2.75, 3.05) is 0 Å². The minimum Gasteiger partial charge on any atom is -0.483 e. The minimum absolute atomic E-state index is 0.0498. The third kappa shape index (κ3) is 3.74. The Bertz CT molecular complexity index is 916. The molecular formula is C17H16N4O4. The number of carbonyl (C=O) groups excluding carboxylic acids is 2. The van der Waals surface area contributed by atoms with Gasteiger partial charge in [0, 0.05) is 23.2 Å². The first-order valence-corrected chi connectivity index (χ1v) is 7.54. The lowest BCUT2D eigenvalue weighted by atomic mass is 10.1. The topological polar surface area (TPSA) is 120 Å². The molecule has 0 aliphatic heterocycles. The van der Waals surface area contributed by atoms with Gasteiger partial charge in [0.2, 0.25) is 11.8 Å². The number of fused-ring (bicyclic) bond motifs is 1. The zero-order valence-corrected chi connectivity index (χ0v) is 13.4. The van der Waals surface area contributed by atoms with Crippen LogP contribution in [0.2, 0.25) is 0 Å². The van der Waals surface area contributed by atoms with E-state index < -0.39 is 17.9 Å². The van der Waals surface area contributed by atoms with Crippen LogP contribution in [0.25, 0.3) is 10.8 Å². The number of amides is 2. The van der Waals surface area contributed by atoms with Gasteiger partial charge in [0.25, 0.3) is 5.91 Å². The second kappa shape index (κ2) is 7.00. The largest absolute Gasteiger partial charge is 0.483 e. The first-order chi connectivity index (χ1) is 12.0. The summed E-state index contributed by atoms with van der Waals surface area (Å²) in [6.45, 7) is 1.54. The number of primary amides is 1. The van der Waals surface area contributed by atoms with Gasteiger partial charge in [-0.2, -0.15) is 0 Å². The quantitative estimate of drug-likeness (QED) is 0.700. The van der Waals surface area contributed by atoms with Gasteiger partial charge in [-0.25, -0.2) is 4.98 Å². The number of pyridine rings is 1. The maximum Gasteiger partial charge on any atom is 0.273 e. The number of hydrogen-bond donors (Lipinski definition) is 2. The van der Waals surface area contributed by atoms with Crippen molar-refractivity contribution in [2.24, 2.45) is 5.73 Å². The predicted molar refractivity (Wildman–Crippen MR) is 88.7 cm³/mol. The summed E-state index contributed by atoms with van der Waals surface area (Å²) in [5.41, 5.74) is 5.15. The summed E-state index contributed by atoms with van der Waals surface area (Å²) in [4.78, 5) is 31.0. The number of hydrogen-bond acceptors (Lipinski definition) is 6. The van der Waals surface area contributed by atoms with Crippen molar-refractivity contribution in [3.63, 3.8) is 0 Å². The van der Waals surface area contributed by atoms with Crippen molar-refractivity contribution in [3.05, 3.63) is 54.5 Å². The second-order valence-corrected chi connectivity index (χ2v) is 5.37. The second-order valence-electron chi connectivity index (χ2n) is 5.37. The third-order valence-corrected chi connectivity index (χ3v) is 3.55. The molecule has 8 nitrogen and oxygen atoms in total. The summed E-state index contributed by atoms with van der Waals surface area (Å²) < 4.78 is 11.0. The molecule has 3 N–H and O–H groups in total. The van der Waals surface area contributed by atoms with Crippen LogP contribution in [0.15, 0.2) is 47.3 Å². The Morgan fingerprint density at radius 2 is 2.20 bits per heavy atom. The molecule has 2 aromatic heterocycles. The molecule has 25 heavy (non-hydrogen) atoms. The molecule has 0 aliphatic carbocycles. The summed E-state index contributed by atoms with van der Waals surface area (Å²) in [5, 5.41) is 4.29. The number of benzene rings is 1. The lowest BCUT2D eigenvalue weighted by Gasteiger charge is -2.08. The molecule has 0 bridgehead atoms. The van der Waals surface area contributed by atoms with Crippen LogP contribution >= 0.6 is 0 Å². The van der Waals surface area contributed by atoms with Crippen LogP contribution in [0.4, 0.5) is 0 Å². The van der Waals surface area contributed by atoms with Crippen LogP contribution in [0.1, 0.15) is 23.3 Å². The van der Waals surface area contributed by atoms with Crippen LogP contribution in [-0.4, -0.2) is 27.8 Å². The number of nitrogens with zero attached hydrogens (tertiary/aromatic N) is 2. The Balaban J connectivity index is 1.67. The lowest BCUT2D eigenvalue weighted by molar-refractivity contribution is -0.119. The monoisotopic (exact) mass is 340 g/mol. The number of nitrogens with one attached hydrogen (secondary N) is 1. The average molecular weight is 340 g/mol. The van der Waals surface area contributed by atoms with Crippen LogP contribution in [0.3, 0.4) is 0 Å². The normalized spacial score (nSPS) is 11.9. The fourth-order valence-corrected chi connectivity index (χ4v) is 2.18. The Hall–Kier alpha value is -3.42. The first-order valence-electron chi connectivity index (χ1n) is 7.54. The van der Waals surface area contributed by atoms with Crippen molar-refractivity contribution >= 4 is 22.6 Å². The standard InChI is InChI=1S/C17H16N4O4/c1-10(16(18)22)20-17(23)13-8-25-15(21-13)9-24-14-4-2-3-11-7-19-6-5-12(11)14/h2-8,10H,9H2,1H3,(H2,18,22)(H,20,23)/t10-/m0/s1. The van der Waals surface area contributed by atoms with Gasteiger partial charge in [0.05, 0.1) is 0 Å². The molecule has 8 heteroatoms. The Kier molecular flexibility index (Phi) is 4.60. The highest BCUT2D eigenvalue weighted by Gasteiger charge is 2.17. The zero-order chi connectivity index (χ0) is 17.8. The van der Waals surface area contributed by atoms with Crippen molar-refractivity contribution in [1.82, 2.24) is 15.3 Å². The summed E-state index contributed by atoms with van der Waals surface area (Å²) in [7, 11) is 0. The van der Waals surface area contributed by atoms with E-state index in [4.69, 9.17) is 14.9 Å². The number of oxazole rings is 1. The van der Waals surface area contributed by atoms with E-state index in [0.29, 0.717) is 5.75 Å². The summed E-state index contributed by atoms with van der Waals surface area (Å²) >= 11 is 0. The van der Waals surface area contributed by atoms with Crippen LogP contribution < -0.4 is 15.8 Å². The highest BCUT2D eigenvalue weighted by Crippen LogP contribution is 2.25. The maximum absolute atomic E-state index is 11.9. The van der Waals surface area contributed by atoms with Gasteiger partial charge in [-0.15, -0.1) is 0 Å². The molecule has 128 valence electrons. The van der Waals surface area contributed by atoms with Gasteiger partial charge in [0.15, 0.2) is 12.3 Å². The molecule has 2 heterocycles. The first kappa shape index (κ1) is 16.4. The molecule has 2 amide bonds. The molecule has 0 radical (unpaired) electrons. The van der Waals surface area contributed by atoms with E-state index in [1.807, 2.05) is 24.3 Å². The number of rotatable bonds is 6. The van der Waals surface area contributed by atoms with Gasteiger partial charge >= 0.3 is 0 Å². The summed E-state index contributed by atoms with van der Waals surface area (Å²) in [5.74, 6) is -0.280. The minimum atomic E-state index is -0.798. The predicted octanol–water partition coefficient (Wildman–Crippen LogP) is 1.41. The fourth-order valence-electron chi connectivity index (χ4n) is 2.18. The fraction of sp³-hybridized carbons (Fsp3) is 0.176. The number of aromatic nitrogens is 2. The van der Waals surface area contributed by atoms with Crippen molar-refractivity contribution < 1.29 is 18.7 Å². The highest BCUT2D eigenvalue weighted by molar-refractivity contribution is 5.95. The molecule has 3 rings (SSSR count). The Labute approximate surface area is 143 Å². The summed E-state index contributed by atoms with van der Waals surface area (Å²) in [6, 6.07) is 6.67. The van der Waals surface area contributed by atoms with E-state index >= 15 is 0 Å². The lowest BCUT2D eigenvalue weighted by Crippen LogP contribution is -2.42. The molecule has 0 fully saturated rings. The van der Waals surface area contributed by atoms with E-state index in [1.165, 1.54) is 13.2 Å². The molecule has 0 saturated carbocycles. The average Bonchev–Trinajstić information content (AvgIpc) is 3.09. The van der Waals surface area contributed by atoms with Crippen LogP contribution in [0.5, 0.6) is 5.75 Å². The van der Waals surface area contributed by atoms with Gasteiger partial charge in [-0.1, -0.05) is 12.1 Å². The summed E-state index contributed by atoms with van der Waals surface area (Å²) in [6.07, 6.45) is 4.63.